The Labute approximate surface area is 253 Å². The predicted octanol–water partition coefficient (Wildman–Crippen LogP) is 1.79. The first-order valence-electron chi connectivity index (χ1n) is 14.4. The number of hydrogen-bond donors (Lipinski definition) is 5. The first-order valence-corrected chi connectivity index (χ1v) is 14.4. The monoisotopic (exact) mass is 601 g/mol. The molecule has 1 aliphatic rings. The van der Waals surface area contributed by atoms with E-state index in [-0.39, 0.29) is 50.4 Å². The third kappa shape index (κ3) is 7.54. The molecular weight excluding hydrogens is 566 g/mol. The first kappa shape index (κ1) is 30.1. The van der Waals surface area contributed by atoms with Crippen LogP contribution < -0.4 is 25.4 Å². The summed E-state index contributed by atoms with van der Waals surface area (Å²) in [5, 5.41) is 9.26. The molecule has 230 valence electrons. The van der Waals surface area contributed by atoms with E-state index in [2.05, 4.69) is 30.9 Å². The van der Waals surface area contributed by atoms with Crippen LogP contribution in [-0.4, -0.2) is 89.4 Å². The van der Waals surface area contributed by atoms with E-state index in [1.54, 1.807) is 43.6 Å². The molecule has 0 saturated heterocycles. The van der Waals surface area contributed by atoms with Crippen molar-refractivity contribution < 1.29 is 28.7 Å². The quantitative estimate of drug-likeness (QED) is 0.237. The third-order valence-electron chi connectivity index (χ3n) is 7.24. The molecule has 2 aromatic carbocycles. The fraction of sp³-hybridized carbons (Fsp3) is 0.323. The van der Waals surface area contributed by atoms with E-state index in [0.717, 1.165) is 10.9 Å². The van der Waals surface area contributed by atoms with Gasteiger partial charge in [0.2, 0.25) is 11.8 Å². The highest BCUT2D eigenvalue weighted by Crippen LogP contribution is 2.26. The van der Waals surface area contributed by atoms with Crippen molar-refractivity contribution >= 4 is 34.5 Å². The minimum Gasteiger partial charge on any atom is -0.496 e. The van der Waals surface area contributed by atoms with Crippen molar-refractivity contribution in [1.29, 1.82) is 0 Å². The van der Waals surface area contributed by atoms with Gasteiger partial charge in [-0.1, -0.05) is 12.1 Å². The summed E-state index contributed by atoms with van der Waals surface area (Å²) in [5.74, 6) is -0.372. The number of imidazole rings is 1. The van der Waals surface area contributed by atoms with Gasteiger partial charge in [0.05, 0.1) is 26.5 Å². The second-order valence-corrected chi connectivity index (χ2v) is 10.4. The van der Waals surface area contributed by atoms with Crippen molar-refractivity contribution in [3.05, 3.63) is 78.0 Å². The summed E-state index contributed by atoms with van der Waals surface area (Å²) in [4.78, 5) is 64.3. The maximum atomic E-state index is 13.6. The lowest BCUT2D eigenvalue weighted by Crippen LogP contribution is -2.48. The first-order chi connectivity index (χ1) is 21.4. The van der Waals surface area contributed by atoms with Crippen LogP contribution in [0.25, 0.3) is 10.9 Å². The summed E-state index contributed by atoms with van der Waals surface area (Å²) in [6, 6.07) is 12.9. The number of amides is 4. The van der Waals surface area contributed by atoms with Crippen LogP contribution >= 0.6 is 0 Å². The molecule has 0 fully saturated rings. The molecule has 13 nitrogen and oxygen atoms in total. The van der Waals surface area contributed by atoms with Gasteiger partial charge in [-0.25, -0.2) is 4.98 Å². The van der Waals surface area contributed by atoms with E-state index >= 15 is 0 Å². The largest absolute Gasteiger partial charge is 0.496 e. The van der Waals surface area contributed by atoms with Crippen LogP contribution in [-0.2, 0) is 16.0 Å². The molecule has 0 radical (unpaired) electrons. The molecule has 2 aromatic heterocycles. The van der Waals surface area contributed by atoms with Crippen LogP contribution in [0.5, 0.6) is 11.5 Å². The molecule has 0 spiro atoms. The van der Waals surface area contributed by atoms with Crippen molar-refractivity contribution in [1.82, 2.24) is 35.8 Å². The minimum atomic E-state index is -0.853. The zero-order valence-corrected chi connectivity index (χ0v) is 24.4. The van der Waals surface area contributed by atoms with Gasteiger partial charge in [-0.3, -0.25) is 19.2 Å². The number of methoxy groups -OCH3 is 1. The van der Waals surface area contributed by atoms with Crippen molar-refractivity contribution in [2.45, 2.75) is 25.3 Å². The summed E-state index contributed by atoms with van der Waals surface area (Å²) in [6.07, 6.45) is 4.40. The number of nitrogens with one attached hydrogen (secondary N) is 5. The van der Waals surface area contributed by atoms with Crippen LogP contribution in [0.3, 0.4) is 0 Å². The smallest absolute Gasteiger partial charge is 0.270 e. The number of aromatic amines is 2. The average Bonchev–Trinajstić information content (AvgIpc) is 3.71. The fourth-order valence-electron chi connectivity index (χ4n) is 4.99. The Morgan fingerprint density at radius 2 is 1.93 bits per heavy atom. The van der Waals surface area contributed by atoms with Gasteiger partial charge in [-0.05, 0) is 49.2 Å². The number of rotatable bonds is 4. The lowest BCUT2D eigenvalue weighted by atomic mass is 10.1. The third-order valence-corrected chi connectivity index (χ3v) is 7.24. The molecule has 0 unspecified atom stereocenters. The number of aromatic nitrogens is 3. The highest BCUT2D eigenvalue weighted by atomic mass is 16.5. The topological polar surface area (TPSA) is 171 Å². The van der Waals surface area contributed by atoms with Gasteiger partial charge in [0.15, 0.2) is 0 Å². The molecule has 13 heteroatoms. The zero-order valence-electron chi connectivity index (χ0n) is 24.4. The molecule has 5 N–H and O–H groups in total. The molecule has 0 saturated carbocycles. The number of H-pyrrole nitrogens is 2. The molecule has 0 aliphatic carbocycles. The number of carbonyl (C=O) groups is 4. The Hall–Kier alpha value is -5.33. The van der Waals surface area contributed by atoms with Gasteiger partial charge in [0, 0.05) is 47.9 Å². The maximum absolute atomic E-state index is 13.6. The molecule has 1 aliphatic heterocycles. The zero-order chi connectivity index (χ0) is 30.9. The summed E-state index contributed by atoms with van der Waals surface area (Å²) in [5.41, 5.74) is 2.11. The Kier molecular flexibility index (Phi) is 9.74. The van der Waals surface area contributed by atoms with E-state index in [1.165, 1.54) is 11.2 Å². The maximum Gasteiger partial charge on any atom is 0.270 e. The van der Waals surface area contributed by atoms with Crippen molar-refractivity contribution in [3.63, 3.8) is 0 Å². The molecule has 2 bridgehead atoms. The van der Waals surface area contributed by atoms with Crippen molar-refractivity contribution in [2.75, 3.05) is 39.9 Å². The number of carbonyl (C=O) groups excluding carboxylic acids is 4. The van der Waals surface area contributed by atoms with Gasteiger partial charge in [0.25, 0.3) is 11.8 Å². The predicted molar refractivity (Wildman–Crippen MR) is 161 cm³/mol. The summed E-state index contributed by atoms with van der Waals surface area (Å²) in [7, 11) is 1.57. The average molecular weight is 602 g/mol. The normalized spacial score (nSPS) is 17.3. The molecule has 5 rings (SSSR count). The van der Waals surface area contributed by atoms with Crippen LogP contribution in [0.2, 0.25) is 0 Å². The summed E-state index contributed by atoms with van der Waals surface area (Å²) < 4.78 is 11.2. The van der Waals surface area contributed by atoms with Gasteiger partial charge >= 0.3 is 0 Å². The number of hydrogen-bond acceptors (Lipinski definition) is 7. The van der Waals surface area contributed by atoms with E-state index in [9.17, 15) is 19.2 Å². The van der Waals surface area contributed by atoms with Gasteiger partial charge in [-0.2, -0.15) is 0 Å². The standard InChI is InChI=1S/C31H35N7O6/c1-43-27-9-5-8-24-23(27)16-26(36-24)31(42)38-12-3-2-10-34-30(41)25(15-21-17-32-19-35-21)37-29(40)20-6-4-7-22(14-20)44-13-11-33-28(39)18-38/h4-9,14,16-17,19,25,36H,2-3,10-13,15,18H2,1H3,(H,32,35)(H,33,39)(H,34,41)(H,37,40)/t25-/m0/s1. The van der Waals surface area contributed by atoms with E-state index in [4.69, 9.17) is 9.47 Å². The molecule has 4 aromatic rings. The molecule has 44 heavy (non-hydrogen) atoms. The Morgan fingerprint density at radius 1 is 1.07 bits per heavy atom. The van der Waals surface area contributed by atoms with Crippen LogP contribution in [0.15, 0.2) is 61.1 Å². The number of ether oxygens (including phenoxy) is 2. The van der Waals surface area contributed by atoms with Crippen LogP contribution in [0.4, 0.5) is 0 Å². The second kappa shape index (κ2) is 14.2. The van der Waals surface area contributed by atoms with E-state index < -0.39 is 11.9 Å². The molecule has 3 heterocycles. The summed E-state index contributed by atoms with van der Waals surface area (Å²) >= 11 is 0. The van der Waals surface area contributed by atoms with Crippen molar-refractivity contribution in [3.8, 4) is 11.5 Å². The fourth-order valence-corrected chi connectivity index (χ4v) is 4.99. The second-order valence-electron chi connectivity index (χ2n) is 10.4. The minimum absolute atomic E-state index is 0.150. The van der Waals surface area contributed by atoms with Gasteiger partial charge < -0.3 is 40.3 Å². The highest BCUT2D eigenvalue weighted by Gasteiger charge is 2.24. The molecular formula is C31H35N7O6. The molecule has 1 atom stereocenters. The Morgan fingerprint density at radius 3 is 2.75 bits per heavy atom. The lowest BCUT2D eigenvalue weighted by Gasteiger charge is -2.22. The van der Waals surface area contributed by atoms with Crippen LogP contribution in [0, 0.1) is 0 Å². The van der Waals surface area contributed by atoms with Gasteiger partial charge in [0.1, 0.15) is 29.8 Å². The van der Waals surface area contributed by atoms with Gasteiger partial charge in [-0.15, -0.1) is 0 Å². The Balaban J connectivity index is 1.32. The lowest BCUT2D eigenvalue weighted by molar-refractivity contribution is -0.123. The Bertz CT molecular complexity index is 1620. The SMILES string of the molecule is COc1cccc2[nH]c(C(=O)N3CCCCNC(=O)[C@H](Cc4cnc[nH]4)NC(=O)c4cccc(c4)OCCNC(=O)C3)cc12. The van der Waals surface area contributed by atoms with E-state index in [0.29, 0.717) is 47.8 Å². The number of benzene rings is 2. The van der Waals surface area contributed by atoms with E-state index in [1.807, 2.05) is 18.2 Å². The molecule has 4 amide bonds. The number of fused-ring (bicyclic) bond motifs is 3. The highest BCUT2D eigenvalue weighted by molar-refractivity contribution is 6.01. The van der Waals surface area contributed by atoms with Crippen LogP contribution in [0.1, 0.15) is 39.4 Å². The number of nitrogens with zero attached hydrogens (tertiary/aromatic N) is 2. The van der Waals surface area contributed by atoms with Crippen molar-refractivity contribution in [2.24, 2.45) is 0 Å². The summed E-state index contributed by atoms with van der Waals surface area (Å²) in [6.45, 7) is 0.793.